The highest BCUT2D eigenvalue weighted by Gasteiger charge is 2.30. The fourth-order valence-electron chi connectivity index (χ4n) is 6.48. The largest absolute Gasteiger partial charge is 0.456 e. The summed E-state index contributed by atoms with van der Waals surface area (Å²) in [5.74, 6) is 0.868. The van der Waals surface area contributed by atoms with Crippen LogP contribution in [-0.2, 0) is 0 Å². The topological polar surface area (TPSA) is 54.4 Å². The number of nitrogens with one attached hydrogen (secondary N) is 1. The molecule has 1 aliphatic rings. The summed E-state index contributed by atoms with van der Waals surface area (Å²) < 4.78 is 12.4. The van der Waals surface area contributed by atoms with E-state index in [2.05, 4.69) is 106 Å². The molecule has 0 bridgehead atoms. The highest BCUT2D eigenvalue weighted by Crippen LogP contribution is 2.43. The van der Waals surface area contributed by atoms with Gasteiger partial charge in [-0.25, -0.2) is 4.98 Å². The molecular weight excluding hydrogens is 530 g/mol. The molecule has 1 unspecified atom stereocenters. The fraction of sp³-hybridized carbons (Fsp3) is 0.0263. The summed E-state index contributed by atoms with van der Waals surface area (Å²) in [5.41, 5.74) is 7.77. The van der Waals surface area contributed by atoms with E-state index in [0.29, 0.717) is 5.71 Å². The quantitative estimate of drug-likeness (QED) is 0.234. The molecule has 9 rings (SSSR count). The monoisotopic (exact) mass is 555 g/mol. The van der Waals surface area contributed by atoms with Crippen molar-refractivity contribution >= 4 is 61.3 Å². The second-order valence-electron chi connectivity index (χ2n) is 10.9. The Bertz CT molecular complexity index is 2360. The van der Waals surface area contributed by atoms with Crippen LogP contribution in [0, 0.1) is 0 Å². The van der Waals surface area contributed by atoms with Crippen molar-refractivity contribution < 1.29 is 8.83 Å². The Labute approximate surface area is 247 Å². The molecule has 5 heteroatoms. The molecule has 0 amide bonds. The summed E-state index contributed by atoms with van der Waals surface area (Å²) in [5, 5.41) is 9.24. The van der Waals surface area contributed by atoms with Gasteiger partial charge >= 0.3 is 0 Å². The van der Waals surface area contributed by atoms with Crippen LogP contribution in [0.4, 0.5) is 11.4 Å². The average Bonchev–Trinajstić information content (AvgIpc) is 3.64. The summed E-state index contributed by atoms with van der Waals surface area (Å²) in [6, 6.07) is 42.3. The van der Waals surface area contributed by atoms with Gasteiger partial charge in [0.15, 0.2) is 0 Å². The van der Waals surface area contributed by atoms with Crippen molar-refractivity contribution in [2.75, 3.05) is 4.90 Å². The first-order valence-electron chi connectivity index (χ1n) is 14.4. The highest BCUT2D eigenvalue weighted by molar-refractivity contribution is 6.11. The first kappa shape index (κ1) is 23.9. The van der Waals surface area contributed by atoms with E-state index < -0.39 is 0 Å². The SMILES string of the molecule is C1=Cc2oc3ccccc3c2C(N(c2cccc(-c3ccnc4oc5ccccc5c34)c2)c2ccc3ccccc3c2)N1. The Hall–Kier alpha value is -5.81. The Morgan fingerprint density at radius 2 is 1.42 bits per heavy atom. The van der Waals surface area contributed by atoms with Gasteiger partial charge in [0.1, 0.15) is 23.1 Å². The number of fused-ring (bicyclic) bond motifs is 7. The maximum absolute atomic E-state index is 6.32. The molecule has 0 aliphatic carbocycles. The zero-order chi connectivity index (χ0) is 28.3. The number of aromatic nitrogens is 1. The van der Waals surface area contributed by atoms with Crippen molar-refractivity contribution in [3.05, 3.63) is 145 Å². The van der Waals surface area contributed by atoms with Crippen LogP contribution in [-0.4, -0.2) is 4.98 Å². The molecular formula is C38H25N3O2. The van der Waals surface area contributed by atoms with E-state index in [4.69, 9.17) is 8.83 Å². The van der Waals surface area contributed by atoms with E-state index >= 15 is 0 Å². The Morgan fingerprint density at radius 1 is 0.651 bits per heavy atom. The molecule has 1 N–H and O–H groups in total. The van der Waals surface area contributed by atoms with Crippen LogP contribution >= 0.6 is 0 Å². The van der Waals surface area contributed by atoms with Crippen LogP contribution in [0.15, 0.2) is 143 Å². The minimum absolute atomic E-state index is 0.202. The smallest absolute Gasteiger partial charge is 0.227 e. The summed E-state index contributed by atoms with van der Waals surface area (Å²) in [6.07, 6.45) is 5.62. The first-order chi connectivity index (χ1) is 21.3. The third-order valence-electron chi connectivity index (χ3n) is 8.41. The van der Waals surface area contributed by atoms with Crippen molar-refractivity contribution in [3.63, 3.8) is 0 Å². The minimum Gasteiger partial charge on any atom is -0.456 e. The molecule has 5 aromatic carbocycles. The summed E-state index contributed by atoms with van der Waals surface area (Å²) in [7, 11) is 0. The van der Waals surface area contributed by atoms with Gasteiger partial charge in [0.05, 0.1) is 5.39 Å². The van der Waals surface area contributed by atoms with Crippen molar-refractivity contribution in [1.29, 1.82) is 0 Å². The van der Waals surface area contributed by atoms with E-state index in [1.54, 1.807) is 0 Å². The molecule has 204 valence electrons. The third kappa shape index (κ3) is 3.75. The summed E-state index contributed by atoms with van der Waals surface area (Å²) in [4.78, 5) is 6.92. The van der Waals surface area contributed by atoms with E-state index in [9.17, 15) is 0 Å². The van der Waals surface area contributed by atoms with Crippen molar-refractivity contribution in [2.45, 2.75) is 6.17 Å². The Morgan fingerprint density at radius 3 is 2.33 bits per heavy atom. The van der Waals surface area contributed by atoms with Crippen molar-refractivity contribution in [1.82, 2.24) is 10.3 Å². The summed E-state index contributed by atoms with van der Waals surface area (Å²) in [6.45, 7) is 0. The molecule has 0 spiro atoms. The van der Waals surface area contributed by atoms with E-state index in [0.717, 1.165) is 61.2 Å². The summed E-state index contributed by atoms with van der Waals surface area (Å²) >= 11 is 0. The standard InChI is InChI=1S/C38H25N3O2/c1-2-9-25-22-28(17-16-24(25)8-1)41(37-36-31-13-4-5-14-32(31)42-34(36)19-21-39-37)27-11-7-10-26(23-27)29-18-20-40-38-35(29)30-12-3-6-15-33(30)43-38/h1-23,37,39H. The highest BCUT2D eigenvalue weighted by atomic mass is 16.3. The maximum Gasteiger partial charge on any atom is 0.227 e. The van der Waals surface area contributed by atoms with E-state index in [1.165, 1.54) is 10.8 Å². The van der Waals surface area contributed by atoms with Crippen molar-refractivity contribution in [2.24, 2.45) is 0 Å². The van der Waals surface area contributed by atoms with Crippen LogP contribution in [0.25, 0.3) is 61.0 Å². The fourth-order valence-corrected chi connectivity index (χ4v) is 6.48. The molecule has 5 nitrogen and oxygen atoms in total. The average molecular weight is 556 g/mol. The number of rotatable bonds is 4. The van der Waals surface area contributed by atoms with Crippen LogP contribution in [0.1, 0.15) is 17.5 Å². The number of anilines is 2. The van der Waals surface area contributed by atoms with Crippen LogP contribution in [0.2, 0.25) is 0 Å². The second kappa shape index (κ2) is 9.36. The molecule has 8 aromatic rings. The number of hydrogen-bond donors (Lipinski definition) is 1. The van der Waals surface area contributed by atoms with Crippen LogP contribution in [0.3, 0.4) is 0 Å². The molecule has 1 atom stereocenters. The van der Waals surface area contributed by atoms with Gasteiger partial charge in [0.2, 0.25) is 5.71 Å². The molecule has 0 fully saturated rings. The van der Waals surface area contributed by atoms with Gasteiger partial charge in [0, 0.05) is 40.1 Å². The van der Waals surface area contributed by atoms with Gasteiger partial charge in [-0.1, -0.05) is 78.9 Å². The lowest BCUT2D eigenvalue weighted by atomic mass is 9.99. The zero-order valence-electron chi connectivity index (χ0n) is 23.1. The van der Waals surface area contributed by atoms with Gasteiger partial charge in [-0.15, -0.1) is 0 Å². The van der Waals surface area contributed by atoms with Crippen LogP contribution in [0.5, 0.6) is 0 Å². The van der Waals surface area contributed by atoms with Crippen molar-refractivity contribution in [3.8, 4) is 11.1 Å². The second-order valence-corrected chi connectivity index (χ2v) is 10.9. The van der Waals surface area contributed by atoms with E-state index in [-0.39, 0.29) is 6.17 Å². The predicted molar refractivity (Wildman–Crippen MR) is 174 cm³/mol. The number of hydrogen-bond acceptors (Lipinski definition) is 5. The number of furan rings is 2. The molecule has 3 aromatic heterocycles. The maximum atomic E-state index is 6.32. The first-order valence-corrected chi connectivity index (χ1v) is 14.4. The van der Waals surface area contributed by atoms with Gasteiger partial charge in [0.25, 0.3) is 0 Å². The lowest BCUT2D eigenvalue weighted by Gasteiger charge is -2.36. The Balaban J connectivity index is 1.27. The predicted octanol–water partition coefficient (Wildman–Crippen LogP) is 9.96. The normalized spacial score (nSPS) is 14.4. The molecule has 0 saturated carbocycles. The van der Waals surface area contributed by atoms with Gasteiger partial charge in [-0.3, -0.25) is 0 Å². The molecule has 1 aliphatic heterocycles. The van der Waals surface area contributed by atoms with E-state index in [1.807, 2.05) is 48.8 Å². The zero-order valence-corrected chi connectivity index (χ0v) is 23.1. The molecule has 43 heavy (non-hydrogen) atoms. The Kier molecular flexibility index (Phi) is 5.19. The van der Waals surface area contributed by atoms with Crippen LogP contribution < -0.4 is 10.2 Å². The van der Waals surface area contributed by atoms with Gasteiger partial charge in [-0.2, -0.15) is 0 Å². The number of nitrogens with zero attached hydrogens (tertiary/aromatic N) is 2. The van der Waals surface area contributed by atoms with Gasteiger partial charge < -0.3 is 19.1 Å². The number of para-hydroxylation sites is 2. The number of benzene rings is 5. The number of pyridine rings is 1. The lowest BCUT2D eigenvalue weighted by molar-refractivity contribution is 0.561. The molecule has 4 heterocycles. The van der Waals surface area contributed by atoms with Gasteiger partial charge in [-0.05, 0) is 70.4 Å². The minimum atomic E-state index is -0.202. The third-order valence-corrected chi connectivity index (χ3v) is 8.41. The molecule has 0 saturated heterocycles. The lowest BCUT2D eigenvalue weighted by Crippen LogP contribution is -2.34. The molecule has 0 radical (unpaired) electrons.